The van der Waals surface area contributed by atoms with Gasteiger partial charge in [0, 0.05) is 6.54 Å². The van der Waals surface area contributed by atoms with Crippen molar-refractivity contribution in [3.63, 3.8) is 0 Å². The molecule has 2 N–H and O–H groups in total. The van der Waals surface area contributed by atoms with Crippen LogP contribution < -0.4 is 10.6 Å². The minimum absolute atomic E-state index is 0. The van der Waals surface area contributed by atoms with Gasteiger partial charge in [0.05, 0.1) is 5.54 Å². The van der Waals surface area contributed by atoms with E-state index < -0.39 is 5.54 Å². The lowest BCUT2D eigenvalue weighted by atomic mass is 9.90. The molecule has 1 aromatic carbocycles. The van der Waals surface area contributed by atoms with Gasteiger partial charge in [-0.15, -0.1) is 12.4 Å². The van der Waals surface area contributed by atoms with Gasteiger partial charge in [-0.3, -0.25) is 4.79 Å². The Morgan fingerprint density at radius 2 is 2.26 bits per heavy atom. The molecule has 1 amide bonds. The standard InChI is InChI=1S/C14H19FN2O.ClH/c1-14(7-2-3-8-17-14)13(18)16-10-11-5-4-6-12(15)9-11;/h4-6,9,17H,2-3,7-8,10H2,1H3,(H,16,18);1H. The van der Waals surface area contributed by atoms with Crippen molar-refractivity contribution >= 4 is 18.3 Å². The lowest BCUT2D eigenvalue weighted by Crippen LogP contribution is -2.56. The van der Waals surface area contributed by atoms with Gasteiger partial charge in [0.15, 0.2) is 0 Å². The Kier molecular flexibility index (Phi) is 5.76. The van der Waals surface area contributed by atoms with Crippen molar-refractivity contribution in [3.8, 4) is 0 Å². The summed E-state index contributed by atoms with van der Waals surface area (Å²) in [6, 6.07) is 6.30. The third kappa shape index (κ3) is 4.18. The second-order valence-corrected chi connectivity index (χ2v) is 5.03. The van der Waals surface area contributed by atoms with Gasteiger partial charge in [0.2, 0.25) is 5.91 Å². The molecule has 1 saturated heterocycles. The van der Waals surface area contributed by atoms with E-state index in [4.69, 9.17) is 0 Å². The highest BCUT2D eigenvalue weighted by molar-refractivity contribution is 5.86. The summed E-state index contributed by atoms with van der Waals surface area (Å²) in [5.74, 6) is -0.282. The predicted octanol–water partition coefficient (Wildman–Crippen LogP) is 2.40. The van der Waals surface area contributed by atoms with E-state index in [0.717, 1.165) is 31.4 Å². The quantitative estimate of drug-likeness (QED) is 0.896. The van der Waals surface area contributed by atoms with E-state index in [-0.39, 0.29) is 24.1 Å². The SMILES string of the molecule is CC1(C(=O)NCc2cccc(F)c2)CCCCN1.Cl. The first kappa shape index (κ1) is 15.9. The van der Waals surface area contributed by atoms with Crippen LogP contribution in [-0.4, -0.2) is 18.0 Å². The fraction of sp³-hybridized carbons (Fsp3) is 0.500. The van der Waals surface area contributed by atoms with Crippen molar-refractivity contribution < 1.29 is 9.18 Å². The molecule has 1 fully saturated rings. The molecule has 0 spiro atoms. The van der Waals surface area contributed by atoms with Crippen LogP contribution in [0.25, 0.3) is 0 Å². The van der Waals surface area contributed by atoms with Gasteiger partial charge in [-0.2, -0.15) is 0 Å². The molecule has 1 aromatic rings. The highest BCUT2D eigenvalue weighted by Crippen LogP contribution is 2.18. The molecule has 0 radical (unpaired) electrons. The smallest absolute Gasteiger partial charge is 0.240 e. The number of carbonyl (C=O) groups is 1. The molecule has 1 heterocycles. The van der Waals surface area contributed by atoms with Crippen LogP contribution in [0.2, 0.25) is 0 Å². The van der Waals surface area contributed by atoms with Crippen molar-refractivity contribution in [1.82, 2.24) is 10.6 Å². The molecule has 1 unspecified atom stereocenters. The molecular formula is C14H20ClFN2O. The second kappa shape index (κ2) is 6.87. The zero-order valence-electron chi connectivity index (χ0n) is 11.0. The van der Waals surface area contributed by atoms with Gasteiger partial charge in [-0.05, 0) is 50.4 Å². The Balaban J connectivity index is 0.00000180. The fourth-order valence-electron chi connectivity index (χ4n) is 2.27. The molecule has 0 aliphatic carbocycles. The van der Waals surface area contributed by atoms with Crippen LogP contribution in [0.5, 0.6) is 0 Å². The monoisotopic (exact) mass is 286 g/mol. The summed E-state index contributed by atoms with van der Waals surface area (Å²) in [5.41, 5.74) is 0.300. The van der Waals surface area contributed by atoms with E-state index in [2.05, 4.69) is 10.6 Å². The van der Waals surface area contributed by atoms with Gasteiger partial charge >= 0.3 is 0 Å². The maximum absolute atomic E-state index is 13.0. The average Bonchev–Trinajstić information content (AvgIpc) is 2.37. The van der Waals surface area contributed by atoms with Crippen LogP contribution in [-0.2, 0) is 11.3 Å². The highest BCUT2D eigenvalue weighted by Gasteiger charge is 2.33. The molecule has 106 valence electrons. The van der Waals surface area contributed by atoms with Crippen LogP contribution in [0.15, 0.2) is 24.3 Å². The normalized spacial score (nSPS) is 22.4. The lowest BCUT2D eigenvalue weighted by Gasteiger charge is -2.33. The molecular weight excluding hydrogens is 267 g/mol. The predicted molar refractivity (Wildman–Crippen MR) is 75.8 cm³/mol. The fourth-order valence-corrected chi connectivity index (χ4v) is 2.27. The Morgan fingerprint density at radius 3 is 2.89 bits per heavy atom. The second-order valence-electron chi connectivity index (χ2n) is 5.03. The topological polar surface area (TPSA) is 41.1 Å². The number of benzene rings is 1. The van der Waals surface area contributed by atoms with Gasteiger partial charge in [-0.1, -0.05) is 12.1 Å². The maximum atomic E-state index is 13.0. The summed E-state index contributed by atoms with van der Waals surface area (Å²) in [7, 11) is 0. The average molecular weight is 287 g/mol. The third-order valence-corrected chi connectivity index (χ3v) is 3.46. The van der Waals surface area contributed by atoms with Crippen LogP contribution in [0.4, 0.5) is 4.39 Å². The summed E-state index contributed by atoms with van der Waals surface area (Å²) in [6.07, 6.45) is 3.03. The Labute approximate surface area is 119 Å². The maximum Gasteiger partial charge on any atom is 0.240 e. The number of carbonyl (C=O) groups excluding carboxylic acids is 1. The third-order valence-electron chi connectivity index (χ3n) is 3.46. The molecule has 1 aliphatic rings. The van der Waals surface area contributed by atoms with Crippen LogP contribution in [0, 0.1) is 5.82 Å². The number of piperidine rings is 1. The van der Waals surface area contributed by atoms with E-state index in [9.17, 15) is 9.18 Å². The number of rotatable bonds is 3. The number of hydrogen-bond acceptors (Lipinski definition) is 2. The summed E-state index contributed by atoms with van der Waals surface area (Å²) >= 11 is 0. The Bertz CT molecular complexity index is 433. The minimum atomic E-state index is -0.481. The van der Waals surface area contributed by atoms with Crippen LogP contribution in [0.3, 0.4) is 0 Å². The summed E-state index contributed by atoms with van der Waals surface area (Å²) in [4.78, 5) is 12.1. The first-order valence-corrected chi connectivity index (χ1v) is 6.38. The van der Waals surface area contributed by atoms with Crippen molar-refractivity contribution in [2.24, 2.45) is 0 Å². The zero-order chi connectivity index (χ0) is 13.0. The molecule has 0 bridgehead atoms. The molecule has 2 rings (SSSR count). The van der Waals surface area contributed by atoms with E-state index >= 15 is 0 Å². The Hall–Kier alpha value is -1.13. The van der Waals surface area contributed by atoms with Crippen molar-refractivity contribution in [1.29, 1.82) is 0 Å². The molecule has 1 atom stereocenters. The number of hydrogen-bond donors (Lipinski definition) is 2. The van der Waals surface area contributed by atoms with E-state index in [1.807, 2.05) is 6.92 Å². The van der Waals surface area contributed by atoms with Crippen LogP contribution >= 0.6 is 12.4 Å². The van der Waals surface area contributed by atoms with Crippen molar-refractivity contribution in [3.05, 3.63) is 35.6 Å². The summed E-state index contributed by atoms with van der Waals surface area (Å²) in [6.45, 7) is 3.17. The molecule has 0 aromatic heterocycles. The van der Waals surface area contributed by atoms with Gasteiger partial charge < -0.3 is 10.6 Å². The zero-order valence-corrected chi connectivity index (χ0v) is 11.9. The van der Waals surface area contributed by atoms with E-state index in [1.54, 1.807) is 12.1 Å². The Morgan fingerprint density at radius 1 is 1.47 bits per heavy atom. The van der Waals surface area contributed by atoms with Gasteiger partial charge in [0.25, 0.3) is 0 Å². The number of nitrogens with one attached hydrogen (secondary N) is 2. The minimum Gasteiger partial charge on any atom is -0.350 e. The van der Waals surface area contributed by atoms with Crippen molar-refractivity contribution in [2.45, 2.75) is 38.3 Å². The van der Waals surface area contributed by atoms with E-state index in [0.29, 0.717) is 6.54 Å². The highest BCUT2D eigenvalue weighted by atomic mass is 35.5. The van der Waals surface area contributed by atoms with Crippen LogP contribution in [0.1, 0.15) is 31.7 Å². The summed E-state index contributed by atoms with van der Waals surface area (Å²) in [5, 5.41) is 6.13. The molecule has 19 heavy (non-hydrogen) atoms. The van der Waals surface area contributed by atoms with Crippen molar-refractivity contribution in [2.75, 3.05) is 6.54 Å². The first-order valence-electron chi connectivity index (χ1n) is 6.38. The van der Waals surface area contributed by atoms with Gasteiger partial charge in [-0.25, -0.2) is 4.39 Å². The molecule has 0 saturated carbocycles. The first-order chi connectivity index (χ1) is 8.60. The summed E-state index contributed by atoms with van der Waals surface area (Å²) < 4.78 is 13.0. The number of halogens is 2. The molecule has 5 heteroatoms. The van der Waals surface area contributed by atoms with Gasteiger partial charge in [0.1, 0.15) is 5.82 Å². The number of amides is 1. The molecule has 1 aliphatic heterocycles. The molecule has 3 nitrogen and oxygen atoms in total. The van der Waals surface area contributed by atoms with E-state index in [1.165, 1.54) is 12.1 Å². The lowest BCUT2D eigenvalue weighted by molar-refractivity contribution is -0.128. The largest absolute Gasteiger partial charge is 0.350 e.